The molecule has 0 aliphatic heterocycles. The van der Waals surface area contributed by atoms with Gasteiger partial charge in [-0.1, -0.05) is 0 Å². The predicted octanol–water partition coefficient (Wildman–Crippen LogP) is 1.54. The normalized spacial score (nSPS) is 10.7. The topological polar surface area (TPSA) is 26.2 Å². The van der Waals surface area contributed by atoms with Gasteiger partial charge in [-0.2, -0.15) is 0 Å². The summed E-state index contributed by atoms with van der Waals surface area (Å²) >= 11 is 0. The molecule has 0 bridgehead atoms. The first-order valence-electron chi connectivity index (χ1n) is 5.13. The summed E-state index contributed by atoms with van der Waals surface area (Å²) in [7, 11) is 3.79. The van der Waals surface area contributed by atoms with Gasteiger partial charge >= 0.3 is 0 Å². The Morgan fingerprint density at radius 3 is 2.93 bits per heavy atom. The van der Waals surface area contributed by atoms with Crippen LogP contribution in [0.4, 0.5) is 0 Å². The minimum absolute atomic E-state index is 0.868. The van der Waals surface area contributed by atoms with E-state index in [0.29, 0.717) is 0 Å². The maximum atomic E-state index is 4.98. The summed E-state index contributed by atoms with van der Waals surface area (Å²) in [5.41, 5.74) is 1.35. The lowest BCUT2D eigenvalue weighted by atomic mass is 10.3. The van der Waals surface area contributed by atoms with Gasteiger partial charge in [0.15, 0.2) is 0 Å². The zero-order valence-corrected chi connectivity index (χ0v) is 9.12. The molecule has 0 saturated carbocycles. The summed E-state index contributed by atoms with van der Waals surface area (Å²) in [6.45, 7) is 2.90. The molecule has 1 N–H and O–H groups in total. The van der Waals surface area contributed by atoms with Crippen LogP contribution < -0.4 is 5.32 Å². The first-order chi connectivity index (χ1) is 6.83. The third-order valence-electron chi connectivity index (χ3n) is 2.17. The van der Waals surface area contributed by atoms with Gasteiger partial charge in [0.05, 0.1) is 0 Å². The highest BCUT2D eigenvalue weighted by molar-refractivity contribution is 5.09. The van der Waals surface area contributed by atoms with Crippen molar-refractivity contribution in [2.24, 2.45) is 7.05 Å². The lowest BCUT2D eigenvalue weighted by Gasteiger charge is -2.02. The quantitative estimate of drug-likeness (QED) is 0.669. The van der Waals surface area contributed by atoms with Crippen molar-refractivity contribution in [1.82, 2.24) is 9.88 Å². The fourth-order valence-corrected chi connectivity index (χ4v) is 1.39. The number of aryl methyl sites for hydroxylation is 1. The standard InChI is InChI=1S/C11H20N2O/c1-13-7-5-11(10-13)9-12-6-3-4-8-14-2/h5,7,10,12H,3-4,6,8-9H2,1-2H3. The number of unbranched alkanes of at least 4 members (excludes halogenated alkanes) is 1. The van der Waals surface area contributed by atoms with Gasteiger partial charge in [0.1, 0.15) is 0 Å². The van der Waals surface area contributed by atoms with E-state index in [1.807, 2.05) is 7.05 Å². The van der Waals surface area contributed by atoms with Crippen LogP contribution in [0.25, 0.3) is 0 Å². The minimum atomic E-state index is 0.868. The van der Waals surface area contributed by atoms with E-state index >= 15 is 0 Å². The van der Waals surface area contributed by atoms with Crippen LogP contribution in [0.5, 0.6) is 0 Å². The maximum Gasteiger partial charge on any atom is 0.0462 e. The van der Waals surface area contributed by atoms with Gasteiger partial charge in [-0.25, -0.2) is 0 Å². The van der Waals surface area contributed by atoms with Crippen molar-refractivity contribution < 1.29 is 4.74 Å². The van der Waals surface area contributed by atoms with Crippen molar-refractivity contribution in [3.8, 4) is 0 Å². The predicted molar refractivity (Wildman–Crippen MR) is 58.2 cm³/mol. The Balaban J connectivity index is 1.99. The van der Waals surface area contributed by atoms with Gasteiger partial charge in [-0.15, -0.1) is 0 Å². The molecule has 0 atom stereocenters. The average Bonchev–Trinajstić information content (AvgIpc) is 2.58. The summed E-state index contributed by atoms with van der Waals surface area (Å²) in [6.07, 6.45) is 6.53. The van der Waals surface area contributed by atoms with E-state index in [4.69, 9.17) is 4.74 Å². The summed E-state index contributed by atoms with van der Waals surface area (Å²) in [6, 6.07) is 2.14. The monoisotopic (exact) mass is 196 g/mol. The lowest BCUT2D eigenvalue weighted by molar-refractivity contribution is 0.192. The molecule has 0 amide bonds. The molecular weight excluding hydrogens is 176 g/mol. The SMILES string of the molecule is COCCCCNCc1ccn(C)c1. The zero-order valence-electron chi connectivity index (χ0n) is 9.12. The average molecular weight is 196 g/mol. The molecule has 0 unspecified atom stereocenters. The molecule has 1 rings (SSSR count). The summed E-state index contributed by atoms with van der Waals surface area (Å²) in [4.78, 5) is 0. The van der Waals surface area contributed by atoms with Gasteiger partial charge in [-0.05, 0) is 31.0 Å². The van der Waals surface area contributed by atoms with Crippen LogP contribution in [0.3, 0.4) is 0 Å². The van der Waals surface area contributed by atoms with Gasteiger partial charge in [0.2, 0.25) is 0 Å². The summed E-state index contributed by atoms with van der Waals surface area (Å²) in [5, 5.41) is 3.41. The number of methoxy groups -OCH3 is 1. The third-order valence-corrected chi connectivity index (χ3v) is 2.17. The van der Waals surface area contributed by atoms with Crippen LogP contribution in [0.2, 0.25) is 0 Å². The van der Waals surface area contributed by atoms with E-state index in [0.717, 1.165) is 26.1 Å². The van der Waals surface area contributed by atoms with E-state index in [9.17, 15) is 0 Å². The molecule has 0 aliphatic carbocycles. The van der Waals surface area contributed by atoms with Crippen molar-refractivity contribution >= 4 is 0 Å². The molecule has 0 saturated heterocycles. The molecule has 0 radical (unpaired) electrons. The molecule has 1 aromatic rings. The molecule has 3 heteroatoms. The summed E-state index contributed by atoms with van der Waals surface area (Å²) < 4.78 is 7.05. The van der Waals surface area contributed by atoms with E-state index in [2.05, 4.69) is 28.3 Å². The third kappa shape index (κ3) is 4.44. The molecule has 0 aliphatic rings. The number of aromatic nitrogens is 1. The van der Waals surface area contributed by atoms with Crippen molar-refractivity contribution in [3.63, 3.8) is 0 Å². The van der Waals surface area contributed by atoms with Crippen LogP contribution in [0, 0.1) is 0 Å². The van der Waals surface area contributed by atoms with Crippen LogP contribution in [-0.2, 0) is 18.3 Å². The molecule has 80 valence electrons. The fourth-order valence-electron chi connectivity index (χ4n) is 1.39. The Labute approximate surface area is 86.1 Å². The number of ether oxygens (including phenoxy) is 1. The second kappa shape index (κ2) is 6.62. The van der Waals surface area contributed by atoms with E-state index in [-0.39, 0.29) is 0 Å². The molecule has 0 fully saturated rings. The molecule has 0 spiro atoms. The lowest BCUT2D eigenvalue weighted by Crippen LogP contribution is -2.14. The molecule has 1 aromatic heterocycles. The maximum absolute atomic E-state index is 4.98. The summed E-state index contributed by atoms with van der Waals surface area (Å²) in [5.74, 6) is 0. The number of hydrogen-bond acceptors (Lipinski definition) is 2. The second-order valence-corrected chi connectivity index (χ2v) is 3.56. The molecule has 1 heterocycles. The van der Waals surface area contributed by atoms with Gasteiger partial charge in [0.25, 0.3) is 0 Å². The highest BCUT2D eigenvalue weighted by atomic mass is 16.5. The Kier molecular flexibility index (Phi) is 5.33. The van der Waals surface area contributed by atoms with Crippen molar-refractivity contribution in [2.75, 3.05) is 20.3 Å². The molecule has 0 aromatic carbocycles. The Hall–Kier alpha value is -0.800. The molecule has 14 heavy (non-hydrogen) atoms. The van der Waals surface area contributed by atoms with Crippen LogP contribution in [0.15, 0.2) is 18.5 Å². The van der Waals surface area contributed by atoms with Crippen LogP contribution in [0.1, 0.15) is 18.4 Å². The highest BCUT2D eigenvalue weighted by Crippen LogP contribution is 1.98. The minimum Gasteiger partial charge on any atom is -0.385 e. The van der Waals surface area contributed by atoms with E-state index in [1.54, 1.807) is 7.11 Å². The van der Waals surface area contributed by atoms with Gasteiger partial charge in [-0.3, -0.25) is 0 Å². The smallest absolute Gasteiger partial charge is 0.0462 e. The highest BCUT2D eigenvalue weighted by Gasteiger charge is 1.93. The van der Waals surface area contributed by atoms with E-state index < -0.39 is 0 Å². The molecule has 3 nitrogen and oxygen atoms in total. The first-order valence-corrected chi connectivity index (χ1v) is 5.13. The largest absolute Gasteiger partial charge is 0.385 e. The Morgan fingerprint density at radius 1 is 1.43 bits per heavy atom. The Morgan fingerprint density at radius 2 is 2.29 bits per heavy atom. The second-order valence-electron chi connectivity index (χ2n) is 3.56. The van der Waals surface area contributed by atoms with Crippen LogP contribution >= 0.6 is 0 Å². The van der Waals surface area contributed by atoms with Gasteiger partial charge in [0, 0.05) is 39.7 Å². The number of nitrogens with zero attached hydrogens (tertiary/aromatic N) is 1. The first kappa shape index (κ1) is 11.3. The van der Waals surface area contributed by atoms with E-state index in [1.165, 1.54) is 12.0 Å². The van der Waals surface area contributed by atoms with Gasteiger partial charge < -0.3 is 14.6 Å². The van der Waals surface area contributed by atoms with Crippen molar-refractivity contribution in [1.29, 1.82) is 0 Å². The molecular formula is C11H20N2O. The zero-order chi connectivity index (χ0) is 10.2. The number of hydrogen-bond donors (Lipinski definition) is 1. The fraction of sp³-hybridized carbons (Fsp3) is 0.636. The Bertz CT molecular complexity index is 245. The van der Waals surface area contributed by atoms with Crippen LogP contribution in [-0.4, -0.2) is 24.8 Å². The number of rotatable bonds is 7. The van der Waals surface area contributed by atoms with Crippen molar-refractivity contribution in [2.45, 2.75) is 19.4 Å². The number of nitrogens with one attached hydrogen (secondary N) is 1. The van der Waals surface area contributed by atoms with Crippen molar-refractivity contribution in [3.05, 3.63) is 24.0 Å².